The van der Waals surface area contributed by atoms with Gasteiger partial charge in [0.15, 0.2) is 0 Å². The number of nitrogens with zero attached hydrogens (tertiary/aromatic N) is 2. The Bertz CT molecular complexity index is 1300. The second-order valence-corrected chi connectivity index (χ2v) is 10.4. The molecule has 1 saturated heterocycles. The minimum Gasteiger partial charge on any atom is -0.376 e. The lowest BCUT2D eigenvalue weighted by Crippen LogP contribution is -2.50. The summed E-state index contributed by atoms with van der Waals surface area (Å²) in [5.41, 5.74) is 14.5. The van der Waals surface area contributed by atoms with Crippen LogP contribution in [0.3, 0.4) is 0 Å². The average Bonchev–Trinajstić information content (AvgIpc) is 3.37. The minimum atomic E-state index is -0.972. The van der Waals surface area contributed by atoms with Gasteiger partial charge in [-0.05, 0) is 85.5 Å². The number of nitrogens with two attached hydrogens (primary N) is 2. The summed E-state index contributed by atoms with van der Waals surface area (Å²) in [7, 11) is 1.70. The minimum absolute atomic E-state index is 0.0727. The first kappa shape index (κ1) is 27.8. The van der Waals surface area contributed by atoms with Crippen molar-refractivity contribution in [1.82, 2.24) is 15.5 Å². The third-order valence-electron chi connectivity index (χ3n) is 7.98. The zero-order valence-electron chi connectivity index (χ0n) is 22.3. The van der Waals surface area contributed by atoms with Crippen molar-refractivity contribution < 1.29 is 14.4 Å². The molecular formula is C29H35N7O3. The van der Waals surface area contributed by atoms with Crippen LogP contribution in [0.5, 0.6) is 0 Å². The molecule has 0 aromatic heterocycles. The maximum Gasteiger partial charge on any atom is 0.248 e. The third kappa shape index (κ3) is 5.22. The fourth-order valence-corrected chi connectivity index (χ4v) is 6.05. The number of aryl methyl sites for hydroxylation is 2. The van der Waals surface area contributed by atoms with Gasteiger partial charge in [-0.2, -0.15) is 5.26 Å². The first-order chi connectivity index (χ1) is 18.6. The van der Waals surface area contributed by atoms with Gasteiger partial charge in [0, 0.05) is 30.8 Å². The van der Waals surface area contributed by atoms with Gasteiger partial charge in [-0.1, -0.05) is 12.1 Å². The van der Waals surface area contributed by atoms with E-state index in [1.807, 2.05) is 19.1 Å². The lowest BCUT2D eigenvalue weighted by molar-refractivity contribution is -0.130. The summed E-state index contributed by atoms with van der Waals surface area (Å²) < 4.78 is 0. The van der Waals surface area contributed by atoms with Gasteiger partial charge in [0.2, 0.25) is 17.7 Å². The molecule has 3 amide bonds. The first-order valence-corrected chi connectivity index (χ1v) is 13.2. The lowest BCUT2D eigenvalue weighted by atomic mass is 9.67. The molecule has 0 radical (unpaired) electrons. The molecule has 0 bridgehead atoms. The number of likely N-dealkylation sites (N-methyl/N-ethyl adjacent to an activating group) is 1. The van der Waals surface area contributed by atoms with Gasteiger partial charge in [0.05, 0.1) is 18.0 Å². The molecule has 39 heavy (non-hydrogen) atoms. The number of likely N-dealkylation sites (tertiary alicyclic amines) is 1. The van der Waals surface area contributed by atoms with Crippen molar-refractivity contribution in [3.8, 4) is 6.07 Å². The molecule has 2 atom stereocenters. The Morgan fingerprint density at radius 3 is 2.15 bits per heavy atom. The van der Waals surface area contributed by atoms with Gasteiger partial charge in [-0.25, -0.2) is 0 Å². The standard InChI is InChI=1S/C29H35N7O3/c1-17(35-16-25(37)36-11-3-4-22(36)15-30)14-29(28(33)34-2)23-9-7-20(26(31)38)12-18(23)5-6-19-13-21(27(32)39)8-10-24(19)29/h7-10,12-13,17,22,35H,3-6,11,14,16H2,1-2H3,(H2,31,38)(H2,32,39)(H2,33,34)/t17-,22-/m0/s1. The molecule has 1 aliphatic heterocycles. The normalized spacial score (nSPS) is 18.2. The number of hydrogen-bond donors (Lipinski definition) is 5. The summed E-state index contributed by atoms with van der Waals surface area (Å²) in [6.07, 6.45) is 3.07. The van der Waals surface area contributed by atoms with Crippen LogP contribution < -0.4 is 22.1 Å². The zero-order chi connectivity index (χ0) is 28.3. The monoisotopic (exact) mass is 529 g/mol. The number of hydrogen-bond acceptors (Lipinski definition) is 6. The predicted molar refractivity (Wildman–Crippen MR) is 147 cm³/mol. The maximum atomic E-state index is 12.9. The molecule has 0 spiro atoms. The van der Waals surface area contributed by atoms with Crippen LogP contribution >= 0.6 is 0 Å². The van der Waals surface area contributed by atoms with Gasteiger partial charge in [0.1, 0.15) is 11.9 Å². The predicted octanol–water partition coefficient (Wildman–Crippen LogP) is 1.35. The highest BCUT2D eigenvalue weighted by atomic mass is 16.2. The van der Waals surface area contributed by atoms with Gasteiger partial charge in [0.25, 0.3) is 0 Å². The number of carbonyl (C=O) groups is 3. The second kappa shape index (κ2) is 11.3. The lowest BCUT2D eigenvalue weighted by Gasteiger charge is -2.39. The molecule has 2 aromatic carbocycles. The highest BCUT2D eigenvalue weighted by Gasteiger charge is 2.44. The summed E-state index contributed by atoms with van der Waals surface area (Å²) in [4.78, 5) is 38.5. The molecule has 10 nitrogen and oxygen atoms in total. The molecule has 2 aromatic rings. The van der Waals surface area contributed by atoms with Crippen molar-refractivity contribution in [2.24, 2.45) is 11.5 Å². The van der Waals surface area contributed by atoms with Crippen LogP contribution in [0.25, 0.3) is 0 Å². The van der Waals surface area contributed by atoms with E-state index in [0.29, 0.717) is 43.4 Å². The molecule has 1 fully saturated rings. The van der Waals surface area contributed by atoms with Gasteiger partial charge >= 0.3 is 0 Å². The summed E-state index contributed by atoms with van der Waals surface area (Å²) >= 11 is 0. The number of amides is 3. The average molecular weight is 530 g/mol. The van der Waals surface area contributed by atoms with Crippen LogP contribution in [0.4, 0.5) is 0 Å². The fraction of sp³-hybridized carbons (Fsp3) is 0.414. The Hall–Kier alpha value is -4.23. The summed E-state index contributed by atoms with van der Waals surface area (Å²) in [6.45, 7) is 2.61. The van der Waals surface area contributed by atoms with E-state index in [1.54, 1.807) is 36.2 Å². The van der Waals surface area contributed by atoms with Crippen molar-refractivity contribution in [2.75, 3.05) is 20.1 Å². The number of nitriles is 1. The largest absolute Gasteiger partial charge is 0.376 e. The number of rotatable bonds is 8. The quantitative estimate of drug-likeness (QED) is 0.254. The number of nitrogens with one attached hydrogen (secondary N) is 3. The molecule has 1 heterocycles. The Balaban J connectivity index is 1.77. The van der Waals surface area contributed by atoms with E-state index in [1.165, 1.54) is 0 Å². The van der Waals surface area contributed by atoms with Crippen LogP contribution in [0.1, 0.15) is 69.2 Å². The molecule has 0 unspecified atom stereocenters. The van der Waals surface area contributed by atoms with E-state index in [4.69, 9.17) is 11.5 Å². The van der Waals surface area contributed by atoms with E-state index < -0.39 is 23.3 Å². The SMILES string of the molecule is CNC(=N)C1(C[C@H](C)NCC(=O)N2CCC[C@H]2C#N)c2ccc(C(N)=O)cc2CCc2cc(C(N)=O)ccc21. The highest BCUT2D eigenvalue weighted by Crippen LogP contribution is 2.44. The van der Waals surface area contributed by atoms with Crippen molar-refractivity contribution in [2.45, 2.75) is 56.5 Å². The number of benzene rings is 2. The maximum absolute atomic E-state index is 12.9. The molecule has 7 N–H and O–H groups in total. The van der Waals surface area contributed by atoms with Crippen LogP contribution in [-0.2, 0) is 23.1 Å². The number of fused-ring (bicyclic) bond motifs is 2. The van der Waals surface area contributed by atoms with Crippen LogP contribution in [0.15, 0.2) is 36.4 Å². The van der Waals surface area contributed by atoms with Crippen molar-refractivity contribution in [3.63, 3.8) is 0 Å². The highest BCUT2D eigenvalue weighted by molar-refractivity contribution is 5.98. The molecule has 0 saturated carbocycles. The van der Waals surface area contributed by atoms with E-state index in [2.05, 4.69) is 16.7 Å². The molecular weight excluding hydrogens is 494 g/mol. The fourth-order valence-electron chi connectivity index (χ4n) is 6.05. The van der Waals surface area contributed by atoms with Crippen molar-refractivity contribution >= 4 is 23.6 Å². The smallest absolute Gasteiger partial charge is 0.248 e. The summed E-state index contributed by atoms with van der Waals surface area (Å²) in [5, 5.41) is 24.9. The van der Waals surface area contributed by atoms with Crippen LogP contribution in [-0.4, -0.2) is 60.7 Å². The molecule has 2 aliphatic rings. The molecule has 4 rings (SSSR count). The zero-order valence-corrected chi connectivity index (χ0v) is 22.3. The Morgan fingerprint density at radius 2 is 1.67 bits per heavy atom. The second-order valence-electron chi connectivity index (χ2n) is 10.4. The summed E-state index contributed by atoms with van der Waals surface area (Å²) in [6, 6.07) is 12.2. The summed E-state index contributed by atoms with van der Waals surface area (Å²) in [5.74, 6) is -0.941. The Morgan fingerprint density at radius 1 is 1.10 bits per heavy atom. The van der Waals surface area contributed by atoms with E-state index in [9.17, 15) is 25.1 Å². The van der Waals surface area contributed by atoms with E-state index >= 15 is 0 Å². The van der Waals surface area contributed by atoms with Crippen LogP contribution in [0, 0.1) is 16.7 Å². The topological polar surface area (TPSA) is 178 Å². The number of amidine groups is 1. The van der Waals surface area contributed by atoms with Gasteiger partial charge in [-0.15, -0.1) is 0 Å². The molecule has 10 heteroatoms. The Kier molecular flexibility index (Phi) is 8.02. The molecule has 204 valence electrons. The van der Waals surface area contributed by atoms with Crippen molar-refractivity contribution in [3.05, 3.63) is 69.8 Å². The first-order valence-electron chi connectivity index (χ1n) is 13.2. The van der Waals surface area contributed by atoms with E-state index in [0.717, 1.165) is 28.7 Å². The van der Waals surface area contributed by atoms with E-state index in [-0.39, 0.29) is 24.3 Å². The Labute approximate surface area is 228 Å². The van der Waals surface area contributed by atoms with Gasteiger partial charge in [-0.3, -0.25) is 19.8 Å². The number of primary amides is 2. The number of carbonyl (C=O) groups excluding carboxylic acids is 3. The third-order valence-corrected chi connectivity index (χ3v) is 7.98. The molecule has 1 aliphatic carbocycles. The van der Waals surface area contributed by atoms with Crippen LogP contribution in [0.2, 0.25) is 0 Å². The van der Waals surface area contributed by atoms with Gasteiger partial charge < -0.3 is 27.0 Å². The van der Waals surface area contributed by atoms with Crippen molar-refractivity contribution in [1.29, 1.82) is 10.7 Å².